The predicted molar refractivity (Wildman–Crippen MR) is 87.1 cm³/mol. The lowest BCUT2D eigenvalue weighted by molar-refractivity contribution is 0.0299. The highest BCUT2D eigenvalue weighted by Crippen LogP contribution is 2.22. The van der Waals surface area contributed by atoms with E-state index >= 15 is 0 Å². The summed E-state index contributed by atoms with van der Waals surface area (Å²) in [5.41, 5.74) is 1.04. The van der Waals surface area contributed by atoms with Crippen LogP contribution in [0.1, 0.15) is 24.8 Å². The minimum Gasteiger partial charge on any atom is -0.377 e. The van der Waals surface area contributed by atoms with Crippen LogP contribution in [0.5, 0.6) is 0 Å². The van der Waals surface area contributed by atoms with Gasteiger partial charge in [-0.15, -0.1) is 11.8 Å². The van der Waals surface area contributed by atoms with Crippen molar-refractivity contribution in [1.82, 2.24) is 4.31 Å². The third-order valence-electron chi connectivity index (χ3n) is 3.73. The molecule has 1 aliphatic heterocycles. The number of sulfonamides is 1. The van der Waals surface area contributed by atoms with E-state index in [0.29, 0.717) is 13.2 Å². The van der Waals surface area contributed by atoms with Gasteiger partial charge in [-0.3, -0.25) is 0 Å². The lowest BCUT2D eigenvalue weighted by Crippen LogP contribution is -2.36. The number of ether oxygens (including phenoxy) is 1. The number of benzene rings is 1. The Balaban J connectivity index is 2.02. The summed E-state index contributed by atoms with van der Waals surface area (Å²) >= 11 is 1.64. The van der Waals surface area contributed by atoms with Crippen molar-refractivity contribution in [3.05, 3.63) is 29.8 Å². The highest BCUT2D eigenvalue weighted by molar-refractivity contribution is 7.98. The molecule has 0 N–H and O–H groups in total. The highest BCUT2D eigenvalue weighted by atomic mass is 32.2. The van der Waals surface area contributed by atoms with Crippen LogP contribution in [-0.2, 0) is 21.3 Å². The molecule has 1 fully saturated rings. The molecule has 0 saturated carbocycles. The molecule has 0 radical (unpaired) electrons. The van der Waals surface area contributed by atoms with Crippen LogP contribution < -0.4 is 0 Å². The Labute approximate surface area is 131 Å². The Hall–Kier alpha value is -0.560. The summed E-state index contributed by atoms with van der Waals surface area (Å²) in [4.78, 5) is 1.12. The molecule has 118 valence electrons. The molecule has 0 bridgehead atoms. The summed E-state index contributed by atoms with van der Waals surface area (Å²) in [5.74, 6) is 0.0882. The molecular weight excluding hydrogens is 306 g/mol. The van der Waals surface area contributed by atoms with Crippen molar-refractivity contribution in [2.24, 2.45) is 0 Å². The largest absolute Gasteiger partial charge is 0.377 e. The van der Waals surface area contributed by atoms with E-state index in [2.05, 4.69) is 0 Å². The van der Waals surface area contributed by atoms with Gasteiger partial charge in [0.1, 0.15) is 0 Å². The van der Waals surface area contributed by atoms with Gasteiger partial charge in [0.25, 0.3) is 0 Å². The molecule has 0 spiro atoms. The van der Waals surface area contributed by atoms with Crippen LogP contribution in [0.15, 0.2) is 29.2 Å². The number of thioether (sulfide) groups is 1. The van der Waals surface area contributed by atoms with E-state index in [-0.39, 0.29) is 11.9 Å². The van der Waals surface area contributed by atoms with Crippen LogP contribution in [0.2, 0.25) is 0 Å². The van der Waals surface area contributed by atoms with Crippen molar-refractivity contribution < 1.29 is 13.2 Å². The summed E-state index contributed by atoms with van der Waals surface area (Å²) in [5, 5.41) is 0. The average molecular weight is 329 g/mol. The predicted octanol–water partition coefficient (Wildman–Crippen LogP) is 2.74. The van der Waals surface area contributed by atoms with Gasteiger partial charge in [0.15, 0.2) is 0 Å². The topological polar surface area (TPSA) is 46.6 Å². The van der Waals surface area contributed by atoms with Gasteiger partial charge >= 0.3 is 0 Å². The summed E-state index contributed by atoms with van der Waals surface area (Å²) in [6.45, 7) is 1.09. The summed E-state index contributed by atoms with van der Waals surface area (Å²) in [6.07, 6.45) is 4.78. The Morgan fingerprint density at radius 2 is 2.10 bits per heavy atom. The second-order valence-corrected chi connectivity index (χ2v) is 8.30. The lowest BCUT2D eigenvalue weighted by Gasteiger charge is -2.25. The summed E-state index contributed by atoms with van der Waals surface area (Å²) in [7, 11) is -1.64. The first kappa shape index (κ1) is 16.8. The number of hydrogen-bond donors (Lipinski definition) is 0. The number of hydrogen-bond acceptors (Lipinski definition) is 4. The number of rotatable bonds is 6. The Bertz CT molecular complexity index is 554. The van der Waals surface area contributed by atoms with Crippen molar-refractivity contribution in [2.75, 3.05) is 25.7 Å². The SMILES string of the molecule is CSc1ccccc1CN(C)S(=O)(=O)CC1CCCCO1. The first-order valence-electron chi connectivity index (χ1n) is 7.20. The van der Waals surface area contributed by atoms with Gasteiger partial charge in [-0.1, -0.05) is 18.2 Å². The lowest BCUT2D eigenvalue weighted by atomic mass is 10.1. The van der Waals surface area contributed by atoms with E-state index in [1.807, 2.05) is 30.5 Å². The molecule has 0 aromatic heterocycles. The molecule has 0 amide bonds. The average Bonchev–Trinajstić information content (AvgIpc) is 2.48. The van der Waals surface area contributed by atoms with Gasteiger partial charge in [-0.2, -0.15) is 0 Å². The van der Waals surface area contributed by atoms with E-state index in [0.717, 1.165) is 29.7 Å². The molecule has 4 nitrogen and oxygen atoms in total. The van der Waals surface area contributed by atoms with Crippen LogP contribution in [0.25, 0.3) is 0 Å². The minimum absolute atomic E-state index is 0.0882. The Kier molecular flexibility index (Phi) is 6.10. The standard InChI is InChI=1S/C15H23NO3S2/c1-16(11-13-7-3-4-9-15(13)20-2)21(17,18)12-14-8-5-6-10-19-14/h3-4,7,9,14H,5-6,8,10-12H2,1-2H3. The molecule has 6 heteroatoms. The van der Waals surface area contributed by atoms with Crippen LogP contribution in [0.4, 0.5) is 0 Å². The maximum absolute atomic E-state index is 12.4. The third kappa shape index (κ3) is 4.71. The molecule has 21 heavy (non-hydrogen) atoms. The van der Waals surface area contributed by atoms with Gasteiger partial charge in [-0.25, -0.2) is 12.7 Å². The molecule has 1 aliphatic rings. The van der Waals surface area contributed by atoms with Crippen LogP contribution in [0.3, 0.4) is 0 Å². The van der Waals surface area contributed by atoms with Crippen LogP contribution >= 0.6 is 11.8 Å². The second-order valence-electron chi connectivity index (χ2n) is 5.34. The van der Waals surface area contributed by atoms with Gasteiger partial charge < -0.3 is 4.74 Å². The fourth-order valence-corrected chi connectivity index (χ4v) is 4.41. The van der Waals surface area contributed by atoms with Crippen molar-refractivity contribution in [1.29, 1.82) is 0 Å². The monoisotopic (exact) mass is 329 g/mol. The molecule has 1 unspecified atom stereocenters. The Morgan fingerprint density at radius 1 is 1.33 bits per heavy atom. The molecule has 1 aromatic carbocycles. The fourth-order valence-electron chi connectivity index (χ4n) is 2.47. The van der Waals surface area contributed by atoms with E-state index in [1.165, 1.54) is 4.31 Å². The van der Waals surface area contributed by atoms with Crippen LogP contribution in [-0.4, -0.2) is 44.5 Å². The Morgan fingerprint density at radius 3 is 2.76 bits per heavy atom. The minimum atomic E-state index is -3.28. The summed E-state index contributed by atoms with van der Waals surface area (Å²) in [6, 6.07) is 7.92. The highest BCUT2D eigenvalue weighted by Gasteiger charge is 2.26. The number of nitrogens with zero attached hydrogens (tertiary/aromatic N) is 1. The first-order valence-corrected chi connectivity index (χ1v) is 10.0. The molecule has 1 heterocycles. The summed E-state index contributed by atoms with van der Waals surface area (Å²) < 4.78 is 31.9. The van der Waals surface area contributed by atoms with E-state index in [1.54, 1.807) is 18.8 Å². The fraction of sp³-hybridized carbons (Fsp3) is 0.600. The van der Waals surface area contributed by atoms with Gasteiger partial charge in [0, 0.05) is 25.1 Å². The van der Waals surface area contributed by atoms with Crippen molar-refractivity contribution in [2.45, 2.75) is 36.8 Å². The third-order valence-corrected chi connectivity index (χ3v) is 6.44. The molecule has 1 saturated heterocycles. The van der Waals surface area contributed by atoms with Gasteiger partial charge in [-0.05, 0) is 37.1 Å². The molecule has 1 atom stereocenters. The van der Waals surface area contributed by atoms with Crippen molar-refractivity contribution in [3.63, 3.8) is 0 Å². The van der Waals surface area contributed by atoms with Gasteiger partial charge in [0.2, 0.25) is 10.0 Å². The molecular formula is C15H23NO3S2. The van der Waals surface area contributed by atoms with Crippen molar-refractivity contribution >= 4 is 21.8 Å². The molecule has 0 aliphatic carbocycles. The zero-order chi connectivity index (χ0) is 15.3. The van der Waals surface area contributed by atoms with Crippen LogP contribution in [0, 0.1) is 0 Å². The van der Waals surface area contributed by atoms with E-state index < -0.39 is 10.0 Å². The normalized spacial score (nSPS) is 19.9. The molecule has 1 aromatic rings. The van der Waals surface area contributed by atoms with Gasteiger partial charge in [0.05, 0.1) is 11.9 Å². The maximum Gasteiger partial charge on any atom is 0.216 e. The second kappa shape index (κ2) is 7.63. The van der Waals surface area contributed by atoms with E-state index in [9.17, 15) is 8.42 Å². The zero-order valence-corrected chi connectivity index (χ0v) is 14.3. The quantitative estimate of drug-likeness (QED) is 0.753. The first-order chi connectivity index (χ1) is 10.0. The maximum atomic E-state index is 12.4. The zero-order valence-electron chi connectivity index (χ0n) is 12.6. The smallest absolute Gasteiger partial charge is 0.216 e. The van der Waals surface area contributed by atoms with Crippen molar-refractivity contribution in [3.8, 4) is 0 Å². The molecule has 2 rings (SSSR count). The van der Waals surface area contributed by atoms with E-state index in [4.69, 9.17) is 4.74 Å².